The van der Waals surface area contributed by atoms with Gasteiger partial charge in [0, 0.05) is 10.8 Å². The Labute approximate surface area is 134 Å². The Hall–Kier alpha value is -0.200. The third kappa shape index (κ3) is 4.90. The summed E-state index contributed by atoms with van der Waals surface area (Å²) in [6.45, 7) is 13.2. The summed E-state index contributed by atoms with van der Waals surface area (Å²) in [4.78, 5) is 0. The summed E-state index contributed by atoms with van der Waals surface area (Å²) in [6, 6.07) is 0. The normalized spacial score (nSPS) is 23.6. The monoisotopic (exact) mass is 316 g/mol. The first-order valence-electron chi connectivity index (χ1n) is 8.56. The fourth-order valence-electron chi connectivity index (χ4n) is 2.58. The van der Waals surface area contributed by atoms with Gasteiger partial charge < -0.3 is 23.7 Å². The molecular weight excluding hydrogens is 284 g/mol. The molecule has 5 nitrogen and oxygen atoms in total. The molecule has 0 N–H and O–H groups in total. The number of rotatable bonds is 12. The SMILES string of the molecule is CCC1(COCCOCC(C)OCC2(CC)COC2)COC1. The Kier molecular flexibility index (Phi) is 7.09. The zero-order valence-electron chi connectivity index (χ0n) is 14.4. The molecule has 1 unspecified atom stereocenters. The highest BCUT2D eigenvalue weighted by molar-refractivity contribution is 4.84. The van der Waals surface area contributed by atoms with Crippen LogP contribution in [0.25, 0.3) is 0 Å². The van der Waals surface area contributed by atoms with Crippen LogP contribution in [0.4, 0.5) is 0 Å². The van der Waals surface area contributed by atoms with Crippen LogP contribution in [0.5, 0.6) is 0 Å². The van der Waals surface area contributed by atoms with E-state index in [1.165, 1.54) is 0 Å². The fourth-order valence-corrected chi connectivity index (χ4v) is 2.58. The van der Waals surface area contributed by atoms with Crippen molar-refractivity contribution >= 4 is 0 Å². The van der Waals surface area contributed by atoms with Gasteiger partial charge in [0.2, 0.25) is 0 Å². The van der Waals surface area contributed by atoms with E-state index in [0.29, 0.717) is 19.8 Å². The molecule has 0 saturated carbocycles. The Morgan fingerprint density at radius 3 is 1.91 bits per heavy atom. The topological polar surface area (TPSA) is 46.2 Å². The molecule has 0 spiro atoms. The van der Waals surface area contributed by atoms with Gasteiger partial charge in [-0.3, -0.25) is 0 Å². The summed E-state index contributed by atoms with van der Waals surface area (Å²) >= 11 is 0. The van der Waals surface area contributed by atoms with Crippen LogP contribution in [0.2, 0.25) is 0 Å². The molecule has 0 amide bonds. The van der Waals surface area contributed by atoms with E-state index in [0.717, 1.165) is 52.5 Å². The third-order valence-corrected chi connectivity index (χ3v) is 4.94. The van der Waals surface area contributed by atoms with Crippen LogP contribution in [-0.4, -0.2) is 65.6 Å². The first-order chi connectivity index (χ1) is 10.6. The van der Waals surface area contributed by atoms with E-state index < -0.39 is 0 Å². The van der Waals surface area contributed by atoms with Crippen molar-refractivity contribution in [2.75, 3.05) is 59.5 Å². The summed E-state index contributed by atoms with van der Waals surface area (Å²) in [5.41, 5.74) is 0.506. The first kappa shape index (κ1) is 18.1. The van der Waals surface area contributed by atoms with Crippen molar-refractivity contribution in [3.8, 4) is 0 Å². The second-order valence-corrected chi connectivity index (χ2v) is 6.94. The van der Waals surface area contributed by atoms with Crippen LogP contribution < -0.4 is 0 Å². The van der Waals surface area contributed by atoms with Gasteiger partial charge in [0.15, 0.2) is 0 Å². The Balaban J connectivity index is 1.44. The first-order valence-corrected chi connectivity index (χ1v) is 8.56. The van der Waals surface area contributed by atoms with Gasteiger partial charge in [-0.15, -0.1) is 0 Å². The smallest absolute Gasteiger partial charge is 0.0780 e. The van der Waals surface area contributed by atoms with Crippen LogP contribution in [-0.2, 0) is 23.7 Å². The molecule has 0 bridgehead atoms. The van der Waals surface area contributed by atoms with E-state index in [4.69, 9.17) is 23.7 Å². The lowest BCUT2D eigenvalue weighted by Gasteiger charge is -2.41. The second kappa shape index (κ2) is 8.60. The average Bonchev–Trinajstić information content (AvgIpc) is 2.44. The summed E-state index contributed by atoms with van der Waals surface area (Å²) in [7, 11) is 0. The number of hydrogen-bond acceptors (Lipinski definition) is 5. The molecule has 0 aromatic heterocycles. The van der Waals surface area contributed by atoms with Gasteiger partial charge in [-0.2, -0.15) is 0 Å². The van der Waals surface area contributed by atoms with E-state index in [-0.39, 0.29) is 16.9 Å². The molecule has 0 aromatic rings. The minimum absolute atomic E-state index is 0.117. The summed E-state index contributed by atoms with van der Waals surface area (Å²) in [6.07, 6.45) is 2.34. The van der Waals surface area contributed by atoms with Crippen LogP contribution in [0, 0.1) is 10.8 Å². The van der Waals surface area contributed by atoms with Crippen molar-refractivity contribution in [1.82, 2.24) is 0 Å². The van der Waals surface area contributed by atoms with E-state index in [1.54, 1.807) is 0 Å². The molecule has 130 valence electrons. The summed E-state index contributed by atoms with van der Waals surface area (Å²) in [5, 5.41) is 0. The fraction of sp³-hybridized carbons (Fsp3) is 1.00. The van der Waals surface area contributed by atoms with Gasteiger partial charge in [0.05, 0.1) is 65.6 Å². The lowest BCUT2D eigenvalue weighted by Crippen LogP contribution is -2.46. The van der Waals surface area contributed by atoms with E-state index in [2.05, 4.69) is 20.8 Å². The molecule has 2 aliphatic heterocycles. The molecule has 2 heterocycles. The van der Waals surface area contributed by atoms with Crippen molar-refractivity contribution < 1.29 is 23.7 Å². The van der Waals surface area contributed by atoms with E-state index in [9.17, 15) is 0 Å². The zero-order valence-corrected chi connectivity index (χ0v) is 14.4. The van der Waals surface area contributed by atoms with Crippen molar-refractivity contribution in [1.29, 1.82) is 0 Å². The maximum Gasteiger partial charge on any atom is 0.0780 e. The molecule has 2 fully saturated rings. The van der Waals surface area contributed by atoms with Gasteiger partial charge in [-0.1, -0.05) is 13.8 Å². The van der Waals surface area contributed by atoms with Gasteiger partial charge >= 0.3 is 0 Å². The molecule has 0 aliphatic carbocycles. The average molecular weight is 316 g/mol. The van der Waals surface area contributed by atoms with Crippen molar-refractivity contribution in [3.63, 3.8) is 0 Å². The predicted octanol–water partition coefficient (Wildman–Crippen LogP) is 2.28. The molecule has 22 heavy (non-hydrogen) atoms. The molecular formula is C17H32O5. The highest BCUT2D eigenvalue weighted by atomic mass is 16.6. The minimum Gasteiger partial charge on any atom is -0.380 e. The molecule has 5 heteroatoms. The van der Waals surface area contributed by atoms with Crippen molar-refractivity contribution in [3.05, 3.63) is 0 Å². The lowest BCUT2D eigenvalue weighted by atomic mass is 9.84. The van der Waals surface area contributed by atoms with E-state index in [1.807, 2.05) is 0 Å². The number of hydrogen-bond donors (Lipinski definition) is 0. The van der Waals surface area contributed by atoms with Crippen LogP contribution in [0.15, 0.2) is 0 Å². The van der Waals surface area contributed by atoms with Gasteiger partial charge in [0.1, 0.15) is 0 Å². The summed E-state index contributed by atoms with van der Waals surface area (Å²) in [5.74, 6) is 0. The second-order valence-electron chi connectivity index (χ2n) is 6.94. The molecule has 1 atom stereocenters. The predicted molar refractivity (Wildman–Crippen MR) is 84.1 cm³/mol. The zero-order chi connectivity index (χ0) is 15.9. The van der Waals surface area contributed by atoms with Gasteiger partial charge in [0.25, 0.3) is 0 Å². The molecule has 2 saturated heterocycles. The maximum absolute atomic E-state index is 5.88. The Morgan fingerprint density at radius 1 is 0.864 bits per heavy atom. The van der Waals surface area contributed by atoms with Gasteiger partial charge in [-0.05, 0) is 19.8 Å². The Morgan fingerprint density at radius 2 is 1.41 bits per heavy atom. The van der Waals surface area contributed by atoms with Crippen LogP contribution in [0.1, 0.15) is 33.6 Å². The minimum atomic E-state index is 0.117. The van der Waals surface area contributed by atoms with E-state index >= 15 is 0 Å². The van der Waals surface area contributed by atoms with Gasteiger partial charge in [-0.25, -0.2) is 0 Å². The molecule has 0 aromatic carbocycles. The maximum atomic E-state index is 5.88. The van der Waals surface area contributed by atoms with Crippen molar-refractivity contribution in [2.45, 2.75) is 39.7 Å². The molecule has 2 aliphatic rings. The van der Waals surface area contributed by atoms with Crippen LogP contribution in [0.3, 0.4) is 0 Å². The van der Waals surface area contributed by atoms with Crippen LogP contribution >= 0.6 is 0 Å². The standard InChI is InChI=1S/C17H32O5/c1-4-16(10-20-11-16)9-19-7-6-18-8-15(3)22-14-17(5-2)12-21-13-17/h15H,4-14H2,1-3H3. The molecule has 0 radical (unpaired) electrons. The van der Waals surface area contributed by atoms with Crippen molar-refractivity contribution in [2.24, 2.45) is 10.8 Å². The largest absolute Gasteiger partial charge is 0.380 e. The third-order valence-electron chi connectivity index (χ3n) is 4.94. The highest BCUT2D eigenvalue weighted by Crippen LogP contribution is 2.32. The summed E-state index contributed by atoms with van der Waals surface area (Å²) < 4.78 is 27.8. The number of ether oxygens (including phenoxy) is 5. The highest BCUT2D eigenvalue weighted by Gasteiger charge is 2.38. The lowest BCUT2D eigenvalue weighted by molar-refractivity contribution is -0.166. The Bertz CT molecular complexity index is 301. The molecule has 2 rings (SSSR count). The quantitative estimate of drug-likeness (QED) is 0.517.